The van der Waals surface area contributed by atoms with E-state index in [2.05, 4.69) is 6.07 Å². The maximum atomic E-state index is 12.9. The number of carbonyl (C=O) groups excluding carboxylic acids is 1. The Bertz CT molecular complexity index is 802. The van der Waals surface area contributed by atoms with E-state index in [1.165, 1.54) is 23.3 Å². The van der Waals surface area contributed by atoms with Gasteiger partial charge in [-0.3, -0.25) is 9.69 Å². The Hall–Kier alpha value is -2.34. The van der Waals surface area contributed by atoms with Crippen LogP contribution in [-0.2, 0) is 30.5 Å². The third-order valence-electron chi connectivity index (χ3n) is 5.17. The molecule has 27 heavy (non-hydrogen) atoms. The fourth-order valence-corrected chi connectivity index (χ4v) is 3.36. The molecule has 0 N–H and O–H groups in total. The lowest BCUT2D eigenvalue weighted by atomic mass is 9.99. The van der Waals surface area contributed by atoms with Crippen molar-refractivity contribution in [3.8, 4) is 0 Å². The van der Waals surface area contributed by atoms with Gasteiger partial charge in [-0.05, 0) is 49.2 Å². The van der Waals surface area contributed by atoms with Gasteiger partial charge < -0.3 is 4.90 Å². The van der Waals surface area contributed by atoms with E-state index in [-0.39, 0.29) is 11.9 Å². The summed E-state index contributed by atoms with van der Waals surface area (Å²) in [6.45, 7) is 3.55. The van der Waals surface area contributed by atoms with Crippen molar-refractivity contribution in [2.75, 3.05) is 13.6 Å². The highest BCUT2D eigenvalue weighted by molar-refractivity contribution is 5.81. The Morgan fingerprint density at radius 3 is 2.37 bits per heavy atom. The van der Waals surface area contributed by atoms with Crippen LogP contribution in [0.15, 0.2) is 48.5 Å². The first-order chi connectivity index (χ1) is 12.8. The minimum atomic E-state index is -4.34. The van der Waals surface area contributed by atoms with Crippen LogP contribution in [0.5, 0.6) is 0 Å². The number of rotatable bonds is 4. The number of nitrogens with zero attached hydrogens (tertiary/aromatic N) is 2. The van der Waals surface area contributed by atoms with Gasteiger partial charge in [0.2, 0.25) is 5.91 Å². The van der Waals surface area contributed by atoms with Crippen LogP contribution >= 0.6 is 0 Å². The SMILES string of the molecule is CC(C(=O)N1CCc2ccccc2C1)N(C)Cc1ccc(C(F)(F)F)cc1. The minimum Gasteiger partial charge on any atom is -0.337 e. The number of hydrogen-bond donors (Lipinski definition) is 0. The summed E-state index contributed by atoms with van der Waals surface area (Å²) in [5.41, 5.74) is 2.54. The number of alkyl halides is 3. The zero-order valence-corrected chi connectivity index (χ0v) is 15.5. The molecule has 1 amide bonds. The van der Waals surface area contributed by atoms with Gasteiger partial charge in [0, 0.05) is 19.6 Å². The van der Waals surface area contributed by atoms with Crippen molar-refractivity contribution >= 4 is 5.91 Å². The van der Waals surface area contributed by atoms with E-state index >= 15 is 0 Å². The molecule has 1 heterocycles. The summed E-state index contributed by atoms with van der Waals surface area (Å²) >= 11 is 0. The Labute approximate surface area is 157 Å². The zero-order chi connectivity index (χ0) is 19.6. The van der Waals surface area contributed by atoms with Crippen LogP contribution in [0.2, 0.25) is 0 Å². The molecule has 1 unspecified atom stereocenters. The molecular formula is C21H23F3N2O. The molecule has 3 nitrogen and oxygen atoms in total. The van der Waals surface area contributed by atoms with Gasteiger partial charge in [-0.25, -0.2) is 0 Å². The van der Waals surface area contributed by atoms with Crippen LogP contribution < -0.4 is 0 Å². The molecule has 0 radical (unpaired) electrons. The van der Waals surface area contributed by atoms with E-state index in [1.54, 1.807) is 0 Å². The first-order valence-electron chi connectivity index (χ1n) is 8.97. The van der Waals surface area contributed by atoms with Gasteiger partial charge in [-0.1, -0.05) is 36.4 Å². The van der Waals surface area contributed by atoms with E-state index in [9.17, 15) is 18.0 Å². The van der Waals surface area contributed by atoms with Crippen LogP contribution in [0.25, 0.3) is 0 Å². The lowest BCUT2D eigenvalue weighted by molar-refractivity contribution is -0.138. The molecule has 0 aromatic heterocycles. The molecule has 1 atom stereocenters. The van der Waals surface area contributed by atoms with Gasteiger partial charge in [0.15, 0.2) is 0 Å². The molecule has 0 spiro atoms. The standard InChI is InChI=1S/C21H23F3N2O/c1-15(20(27)26-12-11-17-5-3-4-6-18(17)14-26)25(2)13-16-7-9-19(10-8-16)21(22,23)24/h3-10,15H,11-14H2,1-2H3. The quantitative estimate of drug-likeness (QED) is 0.802. The second-order valence-corrected chi connectivity index (χ2v) is 7.06. The first kappa shape index (κ1) is 19.4. The summed E-state index contributed by atoms with van der Waals surface area (Å²) in [6.07, 6.45) is -3.49. The summed E-state index contributed by atoms with van der Waals surface area (Å²) < 4.78 is 38.0. The molecule has 6 heteroatoms. The van der Waals surface area contributed by atoms with Gasteiger partial charge in [0.25, 0.3) is 0 Å². The predicted octanol–water partition coefficient (Wildman–Crippen LogP) is 4.11. The topological polar surface area (TPSA) is 23.6 Å². The van der Waals surface area contributed by atoms with Crippen molar-refractivity contribution in [1.29, 1.82) is 0 Å². The molecule has 0 saturated heterocycles. The predicted molar refractivity (Wildman–Crippen MR) is 97.9 cm³/mol. The lowest BCUT2D eigenvalue weighted by Gasteiger charge is -2.33. The van der Waals surface area contributed by atoms with Crippen LogP contribution in [0, 0.1) is 0 Å². The van der Waals surface area contributed by atoms with Crippen molar-refractivity contribution in [1.82, 2.24) is 9.80 Å². The molecular weight excluding hydrogens is 353 g/mol. The van der Waals surface area contributed by atoms with Gasteiger partial charge >= 0.3 is 6.18 Å². The highest BCUT2D eigenvalue weighted by atomic mass is 19.4. The molecule has 2 aromatic carbocycles. The lowest BCUT2D eigenvalue weighted by Crippen LogP contribution is -2.47. The Morgan fingerprint density at radius 1 is 1.11 bits per heavy atom. The molecule has 0 saturated carbocycles. The minimum absolute atomic E-state index is 0.0407. The maximum absolute atomic E-state index is 12.9. The molecule has 144 valence electrons. The second kappa shape index (κ2) is 7.72. The monoisotopic (exact) mass is 376 g/mol. The van der Waals surface area contributed by atoms with Gasteiger partial charge in [-0.2, -0.15) is 13.2 Å². The number of benzene rings is 2. The van der Waals surface area contributed by atoms with Crippen molar-refractivity contribution < 1.29 is 18.0 Å². The molecule has 2 aromatic rings. The van der Waals surface area contributed by atoms with Crippen molar-refractivity contribution in [2.45, 2.75) is 38.7 Å². The Kier molecular flexibility index (Phi) is 5.56. The van der Waals surface area contributed by atoms with Crippen LogP contribution in [0.4, 0.5) is 13.2 Å². The van der Waals surface area contributed by atoms with Crippen LogP contribution in [0.1, 0.15) is 29.2 Å². The van der Waals surface area contributed by atoms with E-state index in [1.807, 2.05) is 42.0 Å². The molecule has 1 aliphatic heterocycles. The highest BCUT2D eigenvalue weighted by Crippen LogP contribution is 2.29. The third kappa shape index (κ3) is 4.50. The third-order valence-corrected chi connectivity index (χ3v) is 5.17. The Balaban J connectivity index is 1.62. The fraction of sp³-hybridized carbons (Fsp3) is 0.381. The number of hydrogen-bond acceptors (Lipinski definition) is 2. The number of likely N-dealkylation sites (N-methyl/N-ethyl adjacent to an activating group) is 1. The summed E-state index contributed by atoms with van der Waals surface area (Å²) in [5.74, 6) is 0.0407. The average Bonchev–Trinajstić information content (AvgIpc) is 2.66. The number of amides is 1. The van der Waals surface area contributed by atoms with Crippen molar-refractivity contribution in [3.05, 3.63) is 70.8 Å². The van der Waals surface area contributed by atoms with Gasteiger partial charge in [-0.15, -0.1) is 0 Å². The summed E-state index contributed by atoms with van der Waals surface area (Å²) in [4.78, 5) is 16.6. The molecule has 0 fully saturated rings. The van der Waals surface area contributed by atoms with E-state index in [0.717, 1.165) is 24.1 Å². The largest absolute Gasteiger partial charge is 0.416 e. The molecule has 0 bridgehead atoms. The fourth-order valence-electron chi connectivity index (χ4n) is 3.36. The van der Waals surface area contributed by atoms with Crippen LogP contribution in [0.3, 0.4) is 0 Å². The van der Waals surface area contributed by atoms with E-state index in [0.29, 0.717) is 19.6 Å². The second-order valence-electron chi connectivity index (χ2n) is 7.06. The normalized spacial score (nSPS) is 15.6. The number of halogens is 3. The summed E-state index contributed by atoms with van der Waals surface area (Å²) in [7, 11) is 1.82. The smallest absolute Gasteiger partial charge is 0.337 e. The first-order valence-corrected chi connectivity index (χ1v) is 8.97. The number of fused-ring (bicyclic) bond motifs is 1. The Morgan fingerprint density at radius 2 is 1.74 bits per heavy atom. The van der Waals surface area contributed by atoms with Crippen LogP contribution in [-0.4, -0.2) is 35.3 Å². The van der Waals surface area contributed by atoms with E-state index in [4.69, 9.17) is 0 Å². The molecule has 3 rings (SSSR count). The highest BCUT2D eigenvalue weighted by Gasteiger charge is 2.30. The van der Waals surface area contributed by atoms with Gasteiger partial charge in [0.05, 0.1) is 11.6 Å². The average molecular weight is 376 g/mol. The number of carbonyl (C=O) groups is 1. The van der Waals surface area contributed by atoms with E-state index < -0.39 is 11.7 Å². The maximum Gasteiger partial charge on any atom is 0.416 e. The van der Waals surface area contributed by atoms with Crippen molar-refractivity contribution in [3.63, 3.8) is 0 Å². The van der Waals surface area contributed by atoms with Gasteiger partial charge in [0.1, 0.15) is 0 Å². The summed E-state index contributed by atoms with van der Waals surface area (Å²) in [5, 5.41) is 0. The summed E-state index contributed by atoms with van der Waals surface area (Å²) in [6, 6.07) is 12.9. The van der Waals surface area contributed by atoms with Crippen molar-refractivity contribution in [2.24, 2.45) is 0 Å². The molecule has 1 aliphatic rings. The molecule has 0 aliphatic carbocycles. The zero-order valence-electron chi connectivity index (χ0n) is 15.5.